The number of nitrogens with zero attached hydrogens (tertiary/aromatic N) is 2. The fraction of sp³-hybridized carbons (Fsp3) is 0.833. The van der Waals surface area contributed by atoms with E-state index in [2.05, 4.69) is 0 Å². The first-order valence-corrected chi connectivity index (χ1v) is 6.34. The lowest BCUT2D eigenvalue weighted by Crippen LogP contribution is -2.51. The van der Waals surface area contributed by atoms with Gasteiger partial charge in [0, 0.05) is 19.5 Å². The van der Waals surface area contributed by atoms with Gasteiger partial charge in [0.15, 0.2) is 0 Å². The molecule has 0 aliphatic carbocycles. The summed E-state index contributed by atoms with van der Waals surface area (Å²) in [5, 5.41) is 28.4. The van der Waals surface area contributed by atoms with Gasteiger partial charge in [-0.1, -0.05) is 0 Å². The Labute approximate surface area is 112 Å². The van der Waals surface area contributed by atoms with Crippen LogP contribution in [0.2, 0.25) is 0 Å². The number of hydrogen-bond acceptors (Lipinski definition) is 4. The Hall–Kier alpha value is -1.34. The standard InChI is InChI=1S/C12H22N2O5/c1-4-13(7-12(2,3)19)11(18)14-6-8(15)5-9(14)10(16)17/h8-9,15,19H,4-7H2,1-3H3,(H,16,17)/t8?,9-/m0/s1. The van der Waals surface area contributed by atoms with Crippen LogP contribution in [0, 0.1) is 0 Å². The van der Waals surface area contributed by atoms with Crippen molar-refractivity contribution in [2.24, 2.45) is 0 Å². The fourth-order valence-corrected chi connectivity index (χ4v) is 2.22. The lowest BCUT2D eigenvalue weighted by Gasteiger charge is -2.33. The van der Waals surface area contributed by atoms with Crippen LogP contribution in [-0.2, 0) is 4.79 Å². The summed E-state index contributed by atoms with van der Waals surface area (Å²) in [6.45, 7) is 5.40. The van der Waals surface area contributed by atoms with Crippen molar-refractivity contribution >= 4 is 12.0 Å². The molecule has 1 aliphatic heterocycles. The van der Waals surface area contributed by atoms with Crippen LogP contribution in [0.5, 0.6) is 0 Å². The van der Waals surface area contributed by atoms with Crippen molar-refractivity contribution < 1.29 is 24.9 Å². The number of aliphatic carboxylic acids is 1. The molecule has 1 saturated heterocycles. The van der Waals surface area contributed by atoms with Gasteiger partial charge in [0.2, 0.25) is 0 Å². The second-order valence-corrected chi connectivity index (χ2v) is 5.51. The van der Waals surface area contributed by atoms with Gasteiger partial charge in [-0.15, -0.1) is 0 Å². The number of carbonyl (C=O) groups excluding carboxylic acids is 1. The molecule has 1 unspecified atom stereocenters. The molecular formula is C12H22N2O5. The largest absolute Gasteiger partial charge is 0.480 e. The van der Waals surface area contributed by atoms with Crippen LogP contribution in [0.1, 0.15) is 27.2 Å². The predicted octanol–water partition coefficient (Wildman–Crippen LogP) is -0.281. The van der Waals surface area contributed by atoms with Crippen molar-refractivity contribution in [3.63, 3.8) is 0 Å². The molecule has 1 aliphatic rings. The van der Waals surface area contributed by atoms with Crippen molar-refractivity contribution in [2.75, 3.05) is 19.6 Å². The Bertz CT molecular complexity index is 353. The van der Waals surface area contributed by atoms with E-state index in [1.807, 2.05) is 0 Å². The summed E-state index contributed by atoms with van der Waals surface area (Å²) in [5.74, 6) is -1.12. The zero-order valence-corrected chi connectivity index (χ0v) is 11.5. The number of urea groups is 1. The van der Waals surface area contributed by atoms with Crippen molar-refractivity contribution in [2.45, 2.75) is 44.9 Å². The molecule has 3 N–H and O–H groups in total. The highest BCUT2D eigenvalue weighted by Crippen LogP contribution is 2.20. The van der Waals surface area contributed by atoms with E-state index in [1.165, 1.54) is 4.90 Å². The minimum Gasteiger partial charge on any atom is -0.480 e. The molecule has 0 aromatic rings. The first-order valence-electron chi connectivity index (χ1n) is 6.34. The minimum absolute atomic E-state index is 0.0121. The van der Waals surface area contributed by atoms with E-state index in [0.29, 0.717) is 6.54 Å². The van der Waals surface area contributed by atoms with E-state index in [0.717, 1.165) is 4.90 Å². The van der Waals surface area contributed by atoms with Crippen LogP contribution in [0.4, 0.5) is 4.79 Å². The Kier molecular flexibility index (Phi) is 4.75. The fourth-order valence-electron chi connectivity index (χ4n) is 2.22. The Balaban J connectivity index is 2.81. The summed E-state index contributed by atoms with van der Waals surface area (Å²) < 4.78 is 0. The average molecular weight is 274 g/mol. The first-order chi connectivity index (χ1) is 8.65. The van der Waals surface area contributed by atoms with Gasteiger partial charge in [-0.05, 0) is 20.8 Å². The zero-order valence-electron chi connectivity index (χ0n) is 11.5. The molecule has 0 aromatic carbocycles. The Morgan fingerprint density at radius 3 is 2.42 bits per heavy atom. The number of likely N-dealkylation sites (N-methyl/N-ethyl adjacent to an activating group) is 1. The molecular weight excluding hydrogens is 252 g/mol. The number of carboxylic acids is 1. The Morgan fingerprint density at radius 1 is 1.42 bits per heavy atom. The van der Waals surface area contributed by atoms with Crippen LogP contribution >= 0.6 is 0 Å². The normalized spacial score (nSPS) is 23.5. The maximum Gasteiger partial charge on any atom is 0.326 e. The summed E-state index contributed by atoms with van der Waals surface area (Å²) >= 11 is 0. The van der Waals surface area contributed by atoms with Gasteiger partial charge in [-0.25, -0.2) is 9.59 Å². The van der Waals surface area contributed by atoms with Gasteiger partial charge in [-0.2, -0.15) is 0 Å². The molecule has 0 saturated carbocycles. The molecule has 2 amide bonds. The highest BCUT2D eigenvalue weighted by atomic mass is 16.4. The smallest absolute Gasteiger partial charge is 0.326 e. The van der Waals surface area contributed by atoms with E-state index in [9.17, 15) is 19.8 Å². The molecule has 0 radical (unpaired) electrons. The maximum atomic E-state index is 12.3. The van der Waals surface area contributed by atoms with Crippen molar-refractivity contribution in [1.82, 2.24) is 9.80 Å². The van der Waals surface area contributed by atoms with Gasteiger partial charge < -0.3 is 25.1 Å². The van der Waals surface area contributed by atoms with E-state index < -0.39 is 29.7 Å². The Morgan fingerprint density at radius 2 is 2.00 bits per heavy atom. The van der Waals surface area contributed by atoms with Crippen molar-refractivity contribution in [3.05, 3.63) is 0 Å². The number of carboxylic acid groups (broad SMARTS) is 1. The van der Waals surface area contributed by atoms with E-state index in [4.69, 9.17) is 5.11 Å². The molecule has 7 nitrogen and oxygen atoms in total. The number of rotatable bonds is 4. The second kappa shape index (κ2) is 5.75. The van der Waals surface area contributed by atoms with Gasteiger partial charge in [0.1, 0.15) is 6.04 Å². The summed E-state index contributed by atoms with van der Waals surface area (Å²) in [4.78, 5) is 25.9. The van der Waals surface area contributed by atoms with Crippen LogP contribution in [0.3, 0.4) is 0 Å². The molecule has 1 fully saturated rings. The lowest BCUT2D eigenvalue weighted by atomic mass is 10.1. The monoisotopic (exact) mass is 274 g/mol. The highest BCUT2D eigenvalue weighted by molar-refractivity contribution is 5.83. The van der Waals surface area contributed by atoms with Gasteiger partial charge in [-0.3, -0.25) is 0 Å². The highest BCUT2D eigenvalue weighted by Gasteiger charge is 2.40. The molecule has 2 atom stereocenters. The van der Waals surface area contributed by atoms with Gasteiger partial charge >= 0.3 is 12.0 Å². The molecule has 1 rings (SSSR count). The molecule has 110 valence electrons. The van der Waals surface area contributed by atoms with Crippen molar-refractivity contribution in [3.8, 4) is 0 Å². The number of β-amino-alcohol motifs (C(OH)–C–C–N with tert-alkyl or cyclic N) is 1. The second-order valence-electron chi connectivity index (χ2n) is 5.51. The third-order valence-electron chi connectivity index (χ3n) is 3.04. The third kappa shape index (κ3) is 4.07. The molecule has 1 heterocycles. The van der Waals surface area contributed by atoms with Crippen LogP contribution in [0.15, 0.2) is 0 Å². The molecule has 7 heteroatoms. The van der Waals surface area contributed by atoms with E-state index in [-0.39, 0.29) is 19.5 Å². The zero-order chi connectivity index (χ0) is 14.8. The van der Waals surface area contributed by atoms with E-state index in [1.54, 1.807) is 20.8 Å². The predicted molar refractivity (Wildman–Crippen MR) is 67.7 cm³/mol. The topological polar surface area (TPSA) is 101 Å². The third-order valence-corrected chi connectivity index (χ3v) is 3.04. The number of likely N-dealkylation sites (tertiary alicyclic amines) is 1. The quantitative estimate of drug-likeness (QED) is 0.654. The van der Waals surface area contributed by atoms with Crippen LogP contribution < -0.4 is 0 Å². The summed E-state index contributed by atoms with van der Waals surface area (Å²) in [5.41, 5.74) is -1.05. The summed E-state index contributed by atoms with van der Waals surface area (Å²) in [6.07, 6.45) is -0.771. The number of aliphatic hydroxyl groups is 2. The van der Waals surface area contributed by atoms with Crippen molar-refractivity contribution in [1.29, 1.82) is 0 Å². The molecule has 0 bridgehead atoms. The van der Waals surface area contributed by atoms with Crippen LogP contribution in [-0.4, -0.2) is 74.5 Å². The lowest BCUT2D eigenvalue weighted by molar-refractivity contribution is -0.141. The summed E-state index contributed by atoms with van der Waals surface area (Å²) in [6, 6.07) is -1.47. The summed E-state index contributed by atoms with van der Waals surface area (Å²) in [7, 11) is 0. The number of carbonyl (C=O) groups is 2. The van der Waals surface area contributed by atoms with Gasteiger partial charge in [0.25, 0.3) is 0 Å². The molecule has 19 heavy (non-hydrogen) atoms. The first kappa shape index (κ1) is 15.7. The van der Waals surface area contributed by atoms with Gasteiger partial charge in [0.05, 0.1) is 18.2 Å². The SMILES string of the molecule is CCN(CC(C)(C)O)C(=O)N1CC(O)C[C@H]1C(=O)O. The molecule has 0 spiro atoms. The number of amides is 2. The minimum atomic E-state index is -1.12. The average Bonchev–Trinajstić information content (AvgIpc) is 2.66. The van der Waals surface area contributed by atoms with Crippen LogP contribution in [0.25, 0.3) is 0 Å². The van der Waals surface area contributed by atoms with E-state index >= 15 is 0 Å². The molecule has 0 aromatic heterocycles. The number of aliphatic hydroxyl groups excluding tert-OH is 1. The number of hydrogen-bond donors (Lipinski definition) is 3. The maximum absolute atomic E-state index is 12.3.